The van der Waals surface area contributed by atoms with Crippen LogP contribution in [0.1, 0.15) is 25.8 Å². The van der Waals surface area contributed by atoms with Crippen LogP contribution in [0.3, 0.4) is 0 Å². The van der Waals surface area contributed by atoms with Crippen LogP contribution in [0.2, 0.25) is 0 Å². The fourth-order valence-electron chi connectivity index (χ4n) is 1.67. The van der Waals surface area contributed by atoms with E-state index in [9.17, 15) is 4.79 Å². The van der Waals surface area contributed by atoms with Gasteiger partial charge in [0.2, 0.25) is 5.82 Å². The minimum atomic E-state index is -0.936. The first-order chi connectivity index (χ1) is 8.72. The van der Waals surface area contributed by atoms with Gasteiger partial charge in [-0.3, -0.25) is 0 Å². The van der Waals surface area contributed by atoms with Crippen LogP contribution in [0.25, 0.3) is 11.4 Å². The number of carboxylic acids is 1. The van der Waals surface area contributed by atoms with Crippen molar-refractivity contribution in [3.8, 4) is 11.4 Å². The molecule has 0 amide bonds. The van der Waals surface area contributed by atoms with E-state index in [1.54, 1.807) is 0 Å². The normalized spacial score (nSPS) is 12.3. The van der Waals surface area contributed by atoms with Crippen molar-refractivity contribution in [2.24, 2.45) is 0 Å². The van der Waals surface area contributed by atoms with E-state index >= 15 is 0 Å². The Morgan fingerprint density at radius 2 is 2.11 bits per heavy atom. The summed E-state index contributed by atoms with van der Waals surface area (Å²) < 4.78 is 0. The molecule has 2 aromatic rings. The summed E-state index contributed by atoms with van der Waals surface area (Å²) in [4.78, 5) is 12.3. The van der Waals surface area contributed by atoms with Gasteiger partial charge in [-0.2, -0.15) is 0 Å². The Labute approximate surface area is 104 Å². The van der Waals surface area contributed by atoms with E-state index in [0.717, 1.165) is 12.0 Å². The summed E-state index contributed by atoms with van der Waals surface area (Å²) in [5, 5.41) is 21.0. The van der Waals surface area contributed by atoms with E-state index in [-0.39, 0.29) is 0 Å². The smallest absolute Gasteiger partial charge is 0.330 e. The van der Waals surface area contributed by atoms with Crippen molar-refractivity contribution in [1.82, 2.24) is 20.2 Å². The lowest BCUT2D eigenvalue weighted by Gasteiger charge is -2.08. The van der Waals surface area contributed by atoms with Gasteiger partial charge < -0.3 is 5.11 Å². The molecule has 1 aromatic heterocycles. The molecule has 0 spiro atoms. The van der Waals surface area contributed by atoms with Gasteiger partial charge >= 0.3 is 5.97 Å². The summed E-state index contributed by atoms with van der Waals surface area (Å²) in [5.41, 5.74) is 0.824. The molecule has 0 aliphatic rings. The van der Waals surface area contributed by atoms with Gasteiger partial charge in [0.25, 0.3) is 0 Å². The summed E-state index contributed by atoms with van der Waals surface area (Å²) in [6, 6.07) is 8.60. The van der Waals surface area contributed by atoms with Crippen molar-refractivity contribution in [2.75, 3.05) is 0 Å². The lowest BCUT2D eigenvalue weighted by molar-refractivity contribution is -0.141. The lowest BCUT2D eigenvalue weighted by atomic mass is 10.2. The number of nitrogens with zero attached hydrogens (tertiary/aromatic N) is 4. The summed E-state index contributed by atoms with van der Waals surface area (Å²) in [6.07, 6.45) is 1.24. The maximum atomic E-state index is 11.1. The first-order valence-electron chi connectivity index (χ1n) is 5.80. The second kappa shape index (κ2) is 5.39. The number of benzene rings is 1. The van der Waals surface area contributed by atoms with Gasteiger partial charge in [-0.25, -0.2) is 4.79 Å². The molecule has 1 unspecified atom stereocenters. The molecule has 0 radical (unpaired) electrons. The average molecular weight is 246 g/mol. The summed E-state index contributed by atoms with van der Waals surface area (Å²) in [6.45, 7) is 1.92. The van der Waals surface area contributed by atoms with Crippen LogP contribution >= 0.6 is 0 Å². The topological polar surface area (TPSA) is 80.9 Å². The Kier molecular flexibility index (Phi) is 3.66. The number of carbonyl (C=O) groups is 1. The SMILES string of the molecule is CCCC(C(=O)O)n1nnc(-c2ccccc2)n1. The number of aromatic nitrogens is 4. The molecule has 0 fully saturated rings. The number of aliphatic carboxylic acids is 1. The molecule has 1 heterocycles. The van der Waals surface area contributed by atoms with Crippen molar-refractivity contribution in [3.05, 3.63) is 30.3 Å². The van der Waals surface area contributed by atoms with Gasteiger partial charge in [0.1, 0.15) is 0 Å². The number of hydrogen-bond donors (Lipinski definition) is 1. The lowest BCUT2D eigenvalue weighted by Crippen LogP contribution is -2.21. The molecule has 18 heavy (non-hydrogen) atoms. The van der Waals surface area contributed by atoms with Crippen LogP contribution in [0.15, 0.2) is 30.3 Å². The molecular weight excluding hydrogens is 232 g/mol. The first kappa shape index (κ1) is 12.2. The van der Waals surface area contributed by atoms with Gasteiger partial charge in [0, 0.05) is 5.56 Å². The van der Waals surface area contributed by atoms with Gasteiger partial charge in [0.15, 0.2) is 6.04 Å². The quantitative estimate of drug-likeness (QED) is 0.869. The summed E-state index contributed by atoms with van der Waals surface area (Å²) in [5.74, 6) is -0.494. The van der Waals surface area contributed by atoms with Gasteiger partial charge in [0.05, 0.1) is 0 Å². The van der Waals surface area contributed by atoms with Crippen LogP contribution in [-0.2, 0) is 4.79 Å². The maximum Gasteiger partial charge on any atom is 0.330 e. The molecule has 0 aliphatic carbocycles. The Hall–Kier alpha value is -2.24. The van der Waals surface area contributed by atoms with E-state index in [4.69, 9.17) is 5.11 Å². The second-order valence-corrected chi connectivity index (χ2v) is 3.94. The molecule has 0 saturated heterocycles. The van der Waals surface area contributed by atoms with Gasteiger partial charge in [-0.1, -0.05) is 43.7 Å². The zero-order valence-corrected chi connectivity index (χ0v) is 10.0. The third-order valence-electron chi connectivity index (χ3n) is 2.59. The summed E-state index contributed by atoms with van der Waals surface area (Å²) in [7, 11) is 0. The maximum absolute atomic E-state index is 11.1. The average Bonchev–Trinajstić information content (AvgIpc) is 2.86. The molecule has 1 N–H and O–H groups in total. The number of rotatable bonds is 5. The number of hydrogen-bond acceptors (Lipinski definition) is 4. The third-order valence-corrected chi connectivity index (χ3v) is 2.59. The highest BCUT2D eigenvalue weighted by atomic mass is 16.4. The van der Waals surface area contributed by atoms with Gasteiger partial charge in [-0.15, -0.1) is 15.0 Å². The molecule has 1 aromatic carbocycles. The van der Waals surface area contributed by atoms with Crippen LogP contribution in [0.4, 0.5) is 0 Å². The Bertz CT molecular complexity index is 524. The zero-order valence-electron chi connectivity index (χ0n) is 10.0. The molecular formula is C12H14N4O2. The van der Waals surface area contributed by atoms with Crippen LogP contribution in [-0.4, -0.2) is 31.3 Å². The van der Waals surface area contributed by atoms with Crippen molar-refractivity contribution in [1.29, 1.82) is 0 Å². The van der Waals surface area contributed by atoms with Crippen molar-refractivity contribution >= 4 is 5.97 Å². The predicted octanol–water partition coefficient (Wildman–Crippen LogP) is 1.77. The van der Waals surface area contributed by atoms with E-state index in [2.05, 4.69) is 15.4 Å². The molecule has 6 heteroatoms. The van der Waals surface area contributed by atoms with Crippen LogP contribution < -0.4 is 0 Å². The van der Waals surface area contributed by atoms with E-state index < -0.39 is 12.0 Å². The molecule has 0 aliphatic heterocycles. The fourth-order valence-corrected chi connectivity index (χ4v) is 1.67. The Balaban J connectivity index is 2.27. The van der Waals surface area contributed by atoms with E-state index in [1.165, 1.54) is 4.80 Å². The van der Waals surface area contributed by atoms with Crippen molar-refractivity contribution in [2.45, 2.75) is 25.8 Å². The zero-order chi connectivity index (χ0) is 13.0. The largest absolute Gasteiger partial charge is 0.480 e. The summed E-state index contributed by atoms with van der Waals surface area (Å²) >= 11 is 0. The minimum Gasteiger partial charge on any atom is -0.480 e. The van der Waals surface area contributed by atoms with Crippen LogP contribution in [0.5, 0.6) is 0 Å². The third kappa shape index (κ3) is 2.53. The van der Waals surface area contributed by atoms with Crippen molar-refractivity contribution < 1.29 is 9.90 Å². The molecule has 6 nitrogen and oxygen atoms in total. The highest BCUT2D eigenvalue weighted by Crippen LogP contribution is 2.16. The molecule has 1 atom stereocenters. The monoisotopic (exact) mass is 246 g/mol. The van der Waals surface area contributed by atoms with Crippen LogP contribution in [0, 0.1) is 0 Å². The highest BCUT2D eigenvalue weighted by Gasteiger charge is 2.21. The molecule has 94 valence electrons. The standard InChI is InChI=1S/C12H14N4O2/c1-2-6-10(12(17)18)16-14-11(13-15-16)9-7-4-3-5-8-9/h3-5,7-8,10H,2,6H2,1H3,(H,17,18). The minimum absolute atomic E-state index is 0.443. The first-order valence-corrected chi connectivity index (χ1v) is 5.80. The van der Waals surface area contributed by atoms with Gasteiger partial charge in [-0.05, 0) is 11.6 Å². The number of tetrazole rings is 1. The second-order valence-electron chi connectivity index (χ2n) is 3.94. The molecule has 0 saturated carbocycles. The Morgan fingerprint density at radius 3 is 2.72 bits per heavy atom. The molecule has 0 bridgehead atoms. The van der Waals surface area contributed by atoms with E-state index in [1.807, 2.05) is 37.3 Å². The predicted molar refractivity (Wildman–Crippen MR) is 64.8 cm³/mol. The highest BCUT2D eigenvalue weighted by molar-refractivity contribution is 5.71. The van der Waals surface area contributed by atoms with E-state index in [0.29, 0.717) is 12.2 Å². The Morgan fingerprint density at radius 1 is 1.39 bits per heavy atom. The molecule has 2 rings (SSSR count). The van der Waals surface area contributed by atoms with Crippen molar-refractivity contribution in [3.63, 3.8) is 0 Å². The fraction of sp³-hybridized carbons (Fsp3) is 0.333. The number of carboxylic acid groups (broad SMARTS) is 1.